The summed E-state index contributed by atoms with van der Waals surface area (Å²) in [5.74, 6) is 0. The molecule has 0 aliphatic heterocycles. The first kappa shape index (κ1) is 29.3. The third-order valence-electron chi connectivity index (χ3n) is 0.901. The van der Waals surface area contributed by atoms with Gasteiger partial charge in [-0.3, -0.25) is 0 Å². The molecular weight excluding hydrogens is 286 g/mol. The molecule has 0 radical (unpaired) electrons. The second-order valence-corrected chi connectivity index (χ2v) is 1.74. The van der Waals surface area contributed by atoms with Gasteiger partial charge in [0, 0.05) is 17.1 Å². The first-order valence-corrected chi connectivity index (χ1v) is 2.26. The molecule has 0 spiro atoms. The van der Waals surface area contributed by atoms with E-state index in [-0.39, 0.29) is 66.7 Å². The van der Waals surface area contributed by atoms with Gasteiger partial charge in [0.05, 0.1) is 14.1 Å². The predicted molar refractivity (Wildman–Crippen MR) is 55.6 cm³/mol. The van der Waals surface area contributed by atoms with E-state index in [1.807, 2.05) is 42.0 Å². The van der Waals surface area contributed by atoms with Gasteiger partial charge in [0.2, 0.25) is 6.33 Å². The molecule has 0 amide bonds. The third kappa shape index (κ3) is 10.9. The Morgan fingerprint density at radius 1 is 1.08 bits per heavy atom. The van der Waals surface area contributed by atoms with E-state index in [1.165, 1.54) is 0 Å². The Bertz CT molecular complexity index is 154. The van der Waals surface area contributed by atoms with E-state index in [0.29, 0.717) is 0 Å². The van der Waals surface area contributed by atoms with E-state index < -0.39 is 0 Å². The zero-order chi connectivity index (χ0) is 5.28. The molecular formula is C5H13Cl4FeN2+. The SMILES string of the molecule is Cl.Cl.Cl.Cl.Cn1cc[n+](C)c1.[Fe]. The molecule has 1 heterocycles. The Kier molecular flexibility index (Phi) is 35.2. The molecule has 12 heavy (non-hydrogen) atoms. The van der Waals surface area contributed by atoms with E-state index in [0.717, 1.165) is 0 Å². The summed E-state index contributed by atoms with van der Waals surface area (Å²) in [5.41, 5.74) is 0. The maximum atomic E-state index is 2.00. The van der Waals surface area contributed by atoms with Crippen molar-refractivity contribution in [2.75, 3.05) is 0 Å². The quantitative estimate of drug-likeness (QED) is 0.507. The summed E-state index contributed by atoms with van der Waals surface area (Å²) in [6, 6.07) is 0. The number of imidazole rings is 1. The standard InChI is InChI=1S/C5H9N2.4ClH.Fe/c1-6-3-4-7(2)5-6;;;;;/h3-5H,1-2H3;4*1H;/q+1;;;;;. The molecule has 0 aliphatic rings. The van der Waals surface area contributed by atoms with E-state index in [9.17, 15) is 0 Å². The van der Waals surface area contributed by atoms with E-state index in [2.05, 4.69) is 0 Å². The van der Waals surface area contributed by atoms with Crippen molar-refractivity contribution in [1.29, 1.82) is 0 Å². The average Bonchev–Trinajstić information content (AvgIpc) is 1.87. The maximum Gasteiger partial charge on any atom is 0.243 e. The first-order valence-electron chi connectivity index (χ1n) is 2.26. The van der Waals surface area contributed by atoms with E-state index in [4.69, 9.17) is 0 Å². The van der Waals surface area contributed by atoms with Gasteiger partial charge in [0.25, 0.3) is 0 Å². The van der Waals surface area contributed by atoms with Gasteiger partial charge in [-0.15, -0.1) is 49.6 Å². The van der Waals surface area contributed by atoms with Crippen LogP contribution in [0.2, 0.25) is 0 Å². The summed E-state index contributed by atoms with van der Waals surface area (Å²) in [4.78, 5) is 0. The van der Waals surface area contributed by atoms with Crippen LogP contribution in [0.15, 0.2) is 18.7 Å². The van der Waals surface area contributed by atoms with Crippen LogP contribution in [-0.2, 0) is 31.2 Å². The van der Waals surface area contributed by atoms with Crippen LogP contribution >= 0.6 is 49.6 Å². The van der Waals surface area contributed by atoms with Crippen molar-refractivity contribution in [3.8, 4) is 0 Å². The molecule has 0 aliphatic carbocycles. The van der Waals surface area contributed by atoms with Crippen LogP contribution in [0.3, 0.4) is 0 Å². The van der Waals surface area contributed by atoms with Crippen molar-refractivity contribution in [1.82, 2.24) is 4.57 Å². The van der Waals surface area contributed by atoms with Crippen LogP contribution in [0.1, 0.15) is 0 Å². The molecule has 0 fully saturated rings. The number of hydrogen-bond acceptors (Lipinski definition) is 0. The number of aryl methyl sites for hydroxylation is 2. The Morgan fingerprint density at radius 2 is 1.50 bits per heavy atom. The summed E-state index contributed by atoms with van der Waals surface area (Å²) in [6.07, 6.45) is 6.00. The first-order chi connectivity index (χ1) is 3.29. The summed E-state index contributed by atoms with van der Waals surface area (Å²) >= 11 is 0. The summed E-state index contributed by atoms with van der Waals surface area (Å²) in [7, 11) is 4.00. The minimum absolute atomic E-state index is 0. The second kappa shape index (κ2) is 14.4. The van der Waals surface area contributed by atoms with Crippen LogP contribution in [0, 0.1) is 0 Å². The largest absolute Gasteiger partial charge is 0.243 e. The van der Waals surface area contributed by atoms with Gasteiger partial charge in [0.15, 0.2) is 0 Å². The van der Waals surface area contributed by atoms with Gasteiger partial charge in [-0.05, 0) is 0 Å². The molecule has 0 atom stereocenters. The summed E-state index contributed by atoms with van der Waals surface area (Å²) in [6.45, 7) is 0. The van der Waals surface area contributed by atoms with Gasteiger partial charge >= 0.3 is 0 Å². The fourth-order valence-corrected chi connectivity index (χ4v) is 0.575. The number of nitrogens with zero attached hydrogens (tertiary/aromatic N) is 2. The Labute approximate surface area is 108 Å². The molecule has 0 N–H and O–H groups in total. The zero-order valence-corrected chi connectivity index (χ0v) is 11.0. The zero-order valence-electron chi connectivity index (χ0n) is 6.61. The topological polar surface area (TPSA) is 8.81 Å². The molecule has 2 nitrogen and oxygen atoms in total. The normalized spacial score (nSPS) is 5.50. The molecule has 1 aromatic rings. The minimum Gasteiger partial charge on any atom is -0.240 e. The molecule has 0 unspecified atom stereocenters. The van der Waals surface area contributed by atoms with Crippen molar-refractivity contribution in [3.05, 3.63) is 18.7 Å². The van der Waals surface area contributed by atoms with E-state index >= 15 is 0 Å². The van der Waals surface area contributed by atoms with Crippen LogP contribution in [0.4, 0.5) is 0 Å². The van der Waals surface area contributed by atoms with E-state index in [1.54, 1.807) is 0 Å². The van der Waals surface area contributed by atoms with Crippen molar-refractivity contribution in [2.24, 2.45) is 14.1 Å². The number of hydrogen-bond donors (Lipinski definition) is 0. The smallest absolute Gasteiger partial charge is 0.240 e. The Morgan fingerprint density at radius 3 is 1.58 bits per heavy atom. The van der Waals surface area contributed by atoms with Gasteiger partial charge < -0.3 is 0 Å². The molecule has 0 aromatic carbocycles. The fraction of sp³-hybridized carbons (Fsp3) is 0.400. The van der Waals surface area contributed by atoms with Crippen LogP contribution in [-0.4, -0.2) is 4.57 Å². The van der Waals surface area contributed by atoms with Crippen LogP contribution < -0.4 is 4.57 Å². The van der Waals surface area contributed by atoms with Crippen LogP contribution in [0.5, 0.6) is 0 Å². The number of aromatic nitrogens is 2. The van der Waals surface area contributed by atoms with Crippen molar-refractivity contribution in [2.45, 2.75) is 0 Å². The van der Waals surface area contributed by atoms with Gasteiger partial charge in [-0.1, -0.05) is 0 Å². The predicted octanol–water partition coefficient (Wildman–Crippen LogP) is 1.53. The second-order valence-electron chi connectivity index (χ2n) is 1.74. The molecule has 0 saturated heterocycles. The van der Waals surface area contributed by atoms with Gasteiger partial charge in [-0.2, -0.15) is 0 Å². The molecule has 78 valence electrons. The maximum absolute atomic E-state index is 2.00. The monoisotopic (exact) mass is 297 g/mol. The Balaban J connectivity index is -0.0000000327. The fourth-order valence-electron chi connectivity index (χ4n) is 0.575. The Hall–Kier alpha value is 0.889. The van der Waals surface area contributed by atoms with Crippen LogP contribution in [0.25, 0.3) is 0 Å². The molecule has 0 bridgehead atoms. The molecule has 1 rings (SSSR count). The molecule has 7 heteroatoms. The summed E-state index contributed by atoms with van der Waals surface area (Å²) < 4.78 is 4.00. The average molecular weight is 299 g/mol. The van der Waals surface area contributed by atoms with Crippen molar-refractivity contribution in [3.63, 3.8) is 0 Å². The third-order valence-corrected chi connectivity index (χ3v) is 0.901. The number of rotatable bonds is 0. The number of halogens is 4. The summed E-state index contributed by atoms with van der Waals surface area (Å²) in [5, 5.41) is 0. The van der Waals surface area contributed by atoms with Crippen molar-refractivity contribution >= 4 is 49.6 Å². The van der Waals surface area contributed by atoms with Gasteiger partial charge in [-0.25, -0.2) is 9.13 Å². The van der Waals surface area contributed by atoms with Gasteiger partial charge in [0.1, 0.15) is 12.4 Å². The van der Waals surface area contributed by atoms with Crippen molar-refractivity contribution < 1.29 is 21.6 Å². The molecule has 0 saturated carbocycles. The minimum atomic E-state index is 0. The molecule has 1 aromatic heterocycles.